The number of aromatic nitrogens is 2. The van der Waals surface area contributed by atoms with Gasteiger partial charge >= 0.3 is 0 Å². The number of rotatable bonds is 6. The van der Waals surface area contributed by atoms with E-state index in [1.807, 2.05) is 6.07 Å². The van der Waals surface area contributed by atoms with E-state index in [2.05, 4.69) is 53.4 Å². The van der Waals surface area contributed by atoms with Crippen LogP contribution in [0, 0.1) is 0 Å². The monoisotopic (exact) mass is 291 g/mol. The summed E-state index contributed by atoms with van der Waals surface area (Å²) in [5, 5.41) is 5.70. The van der Waals surface area contributed by atoms with Gasteiger partial charge in [0.25, 0.3) is 0 Å². The highest BCUT2D eigenvalue weighted by atomic mass is 15.5. The molecule has 1 aromatic rings. The molecule has 21 heavy (non-hydrogen) atoms. The van der Waals surface area contributed by atoms with Gasteiger partial charge in [-0.25, -0.2) is 15.0 Å². The highest BCUT2D eigenvalue weighted by molar-refractivity contribution is 5.47. The predicted molar refractivity (Wildman–Crippen MR) is 88.4 cm³/mol. The van der Waals surface area contributed by atoms with Gasteiger partial charge in [-0.05, 0) is 33.1 Å². The van der Waals surface area contributed by atoms with E-state index in [9.17, 15) is 0 Å². The van der Waals surface area contributed by atoms with Gasteiger partial charge in [-0.15, -0.1) is 0 Å². The maximum Gasteiger partial charge on any atom is 0.146 e. The van der Waals surface area contributed by atoms with Crippen molar-refractivity contribution in [2.45, 2.75) is 71.9 Å². The lowest BCUT2D eigenvalue weighted by molar-refractivity contribution is 0.135. The number of aryl methyl sites for hydroxylation is 1. The standard InChI is InChI=1S/C16H29N5/c1-5-10-17-15-11-16(19-14(6-2)18-15)20-21-12(3)8-7-9-13(21)4/h11-13H,5-10H2,1-4H3,(H2,17,18,19,20). The quantitative estimate of drug-likeness (QED) is 0.840. The SMILES string of the molecule is CCCNc1cc(NN2C(C)CCCC2C)nc(CC)n1. The minimum absolute atomic E-state index is 0.542. The molecule has 1 aromatic heterocycles. The zero-order chi connectivity index (χ0) is 15.2. The molecule has 0 amide bonds. The Morgan fingerprint density at radius 2 is 1.81 bits per heavy atom. The minimum Gasteiger partial charge on any atom is -0.370 e. The number of piperidine rings is 1. The molecule has 5 heteroatoms. The molecule has 2 rings (SSSR count). The lowest BCUT2D eigenvalue weighted by Gasteiger charge is -2.39. The fraction of sp³-hybridized carbons (Fsp3) is 0.750. The topological polar surface area (TPSA) is 53.1 Å². The van der Waals surface area contributed by atoms with Gasteiger partial charge in [0.2, 0.25) is 0 Å². The fourth-order valence-corrected chi connectivity index (χ4v) is 2.83. The molecule has 1 aliphatic heterocycles. The largest absolute Gasteiger partial charge is 0.370 e. The van der Waals surface area contributed by atoms with Crippen molar-refractivity contribution in [3.63, 3.8) is 0 Å². The van der Waals surface area contributed by atoms with Crippen LogP contribution in [0.5, 0.6) is 0 Å². The van der Waals surface area contributed by atoms with Crippen LogP contribution in [-0.2, 0) is 6.42 Å². The van der Waals surface area contributed by atoms with E-state index in [4.69, 9.17) is 0 Å². The lowest BCUT2D eigenvalue weighted by Crippen LogP contribution is -2.47. The third kappa shape index (κ3) is 4.30. The highest BCUT2D eigenvalue weighted by Gasteiger charge is 2.25. The Kier molecular flexibility index (Phi) is 5.79. The fourth-order valence-electron chi connectivity index (χ4n) is 2.83. The summed E-state index contributed by atoms with van der Waals surface area (Å²) in [5.41, 5.74) is 3.51. The first-order valence-electron chi connectivity index (χ1n) is 8.30. The van der Waals surface area contributed by atoms with Crippen LogP contribution < -0.4 is 10.7 Å². The molecule has 1 aliphatic rings. The Morgan fingerprint density at radius 3 is 2.43 bits per heavy atom. The molecule has 0 aliphatic carbocycles. The minimum atomic E-state index is 0.542. The smallest absolute Gasteiger partial charge is 0.146 e. The molecule has 0 bridgehead atoms. The molecular weight excluding hydrogens is 262 g/mol. The number of nitrogens with one attached hydrogen (secondary N) is 2. The Labute approximate surface area is 128 Å². The zero-order valence-electron chi connectivity index (χ0n) is 13.8. The predicted octanol–water partition coefficient (Wildman–Crippen LogP) is 3.45. The first-order chi connectivity index (χ1) is 10.1. The molecule has 1 saturated heterocycles. The van der Waals surface area contributed by atoms with Crippen molar-refractivity contribution in [3.8, 4) is 0 Å². The van der Waals surface area contributed by atoms with Gasteiger partial charge in [-0.1, -0.05) is 20.3 Å². The van der Waals surface area contributed by atoms with Crippen LogP contribution in [0.3, 0.4) is 0 Å². The number of anilines is 2. The van der Waals surface area contributed by atoms with Gasteiger partial charge in [0.1, 0.15) is 17.5 Å². The normalized spacial score (nSPS) is 23.0. The Bertz CT molecular complexity index is 438. The van der Waals surface area contributed by atoms with E-state index in [0.717, 1.165) is 36.8 Å². The zero-order valence-corrected chi connectivity index (χ0v) is 13.8. The van der Waals surface area contributed by atoms with Crippen LogP contribution in [0.2, 0.25) is 0 Å². The molecule has 118 valence electrons. The molecule has 2 atom stereocenters. The molecule has 5 nitrogen and oxygen atoms in total. The van der Waals surface area contributed by atoms with Crippen LogP contribution >= 0.6 is 0 Å². The second kappa shape index (κ2) is 7.59. The van der Waals surface area contributed by atoms with E-state index in [-0.39, 0.29) is 0 Å². The summed E-state index contributed by atoms with van der Waals surface area (Å²) >= 11 is 0. The number of hydrazine groups is 1. The first kappa shape index (κ1) is 16.0. The molecule has 0 spiro atoms. The van der Waals surface area contributed by atoms with Crippen LogP contribution in [0.4, 0.5) is 11.6 Å². The summed E-state index contributed by atoms with van der Waals surface area (Å²) in [6.45, 7) is 9.75. The van der Waals surface area contributed by atoms with Crippen molar-refractivity contribution >= 4 is 11.6 Å². The van der Waals surface area contributed by atoms with Gasteiger partial charge < -0.3 is 10.7 Å². The Hall–Kier alpha value is -1.36. The van der Waals surface area contributed by atoms with E-state index in [1.54, 1.807) is 0 Å². The molecule has 1 fully saturated rings. The number of hydrogen-bond donors (Lipinski definition) is 2. The van der Waals surface area contributed by atoms with Crippen molar-refractivity contribution in [1.29, 1.82) is 0 Å². The maximum absolute atomic E-state index is 4.62. The van der Waals surface area contributed by atoms with Crippen molar-refractivity contribution < 1.29 is 0 Å². The molecule has 2 N–H and O–H groups in total. The van der Waals surface area contributed by atoms with Gasteiger partial charge in [0.15, 0.2) is 0 Å². The van der Waals surface area contributed by atoms with Crippen molar-refractivity contribution in [2.24, 2.45) is 0 Å². The van der Waals surface area contributed by atoms with E-state index >= 15 is 0 Å². The van der Waals surface area contributed by atoms with Gasteiger partial charge in [-0.2, -0.15) is 0 Å². The summed E-state index contributed by atoms with van der Waals surface area (Å²) < 4.78 is 0. The van der Waals surface area contributed by atoms with Crippen molar-refractivity contribution in [2.75, 3.05) is 17.3 Å². The second-order valence-corrected chi connectivity index (χ2v) is 5.98. The van der Waals surface area contributed by atoms with Gasteiger partial charge in [-0.3, -0.25) is 0 Å². The van der Waals surface area contributed by atoms with E-state index in [0.29, 0.717) is 12.1 Å². The van der Waals surface area contributed by atoms with Crippen LogP contribution in [0.15, 0.2) is 6.07 Å². The summed E-state index contributed by atoms with van der Waals surface area (Å²) in [6.07, 6.45) is 5.73. The van der Waals surface area contributed by atoms with Crippen molar-refractivity contribution in [1.82, 2.24) is 15.0 Å². The molecule has 0 saturated carbocycles. The third-order valence-electron chi connectivity index (χ3n) is 4.08. The Morgan fingerprint density at radius 1 is 1.14 bits per heavy atom. The van der Waals surface area contributed by atoms with Crippen LogP contribution in [0.25, 0.3) is 0 Å². The number of nitrogens with zero attached hydrogens (tertiary/aromatic N) is 3. The number of hydrogen-bond acceptors (Lipinski definition) is 5. The molecule has 0 aromatic carbocycles. The highest BCUT2D eigenvalue weighted by Crippen LogP contribution is 2.23. The van der Waals surface area contributed by atoms with Crippen LogP contribution in [0.1, 0.15) is 59.2 Å². The lowest BCUT2D eigenvalue weighted by atomic mass is 10.00. The summed E-state index contributed by atoms with van der Waals surface area (Å²) in [7, 11) is 0. The van der Waals surface area contributed by atoms with E-state index < -0.39 is 0 Å². The first-order valence-corrected chi connectivity index (χ1v) is 8.30. The Balaban J connectivity index is 2.13. The second-order valence-electron chi connectivity index (χ2n) is 5.98. The van der Waals surface area contributed by atoms with E-state index in [1.165, 1.54) is 19.3 Å². The van der Waals surface area contributed by atoms with Crippen molar-refractivity contribution in [3.05, 3.63) is 11.9 Å². The third-order valence-corrected chi connectivity index (χ3v) is 4.08. The van der Waals surface area contributed by atoms with Gasteiger partial charge in [0.05, 0.1) is 0 Å². The molecular formula is C16H29N5. The van der Waals surface area contributed by atoms with Gasteiger partial charge in [0, 0.05) is 31.1 Å². The summed E-state index contributed by atoms with van der Waals surface area (Å²) in [6, 6.07) is 3.10. The summed E-state index contributed by atoms with van der Waals surface area (Å²) in [5.74, 6) is 2.71. The molecule has 2 unspecified atom stereocenters. The molecule has 0 radical (unpaired) electrons. The van der Waals surface area contributed by atoms with Crippen LogP contribution in [-0.4, -0.2) is 33.6 Å². The maximum atomic E-state index is 4.62. The summed E-state index contributed by atoms with van der Waals surface area (Å²) in [4.78, 5) is 9.16. The molecule has 2 heterocycles. The average Bonchev–Trinajstić information content (AvgIpc) is 2.49. The average molecular weight is 291 g/mol.